The van der Waals surface area contributed by atoms with Crippen molar-refractivity contribution in [3.63, 3.8) is 0 Å². The van der Waals surface area contributed by atoms with Crippen LogP contribution in [-0.2, 0) is 11.1 Å². The molecule has 0 spiro atoms. The predicted molar refractivity (Wildman–Crippen MR) is 136 cm³/mol. The van der Waals surface area contributed by atoms with Crippen molar-refractivity contribution in [2.24, 2.45) is 10.7 Å². The molecule has 1 heterocycles. The second kappa shape index (κ2) is 11.5. The number of benzene rings is 2. The molecular weight excluding hydrogens is 462 g/mol. The number of hydrogen-bond acceptors (Lipinski definition) is 5. The van der Waals surface area contributed by atoms with E-state index in [9.17, 15) is 8.76 Å². The Kier molecular flexibility index (Phi) is 8.78. The van der Waals surface area contributed by atoms with Crippen molar-refractivity contribution in [2.45, 2.75) is 18.7 Å². The van der Waals surface area contributed by atoms with E-state index in [0.29, 0.717) is 27.8 Å². The van der Waals surface area contributed by atoms with Gasteiger partial charge >= 0.3 is 0 Å². The van der Waals surface area contributed by atoms with Gasteiger partial charge in [0.05, 0.1) is 26.2 Å². The molecule has 3 rings (SSSR count). The maximum atomic E-state index is 11.4. The molecule has 0 aliphatic carbocycles. The standard InChI is InChI=1S/C24H26ClN3O2S2/c1-3-28(4-2)16-18(26)15-22(27-21-11-6-5-10-20(21)25)24-13-12-23(31-24)17-8-7-9-19(14-17)32(29)30/h5-15H,3-4,16,26H2,1-2H3,(H,29,30). The van der Waals surface area contributed by atoms with Crippen LogP contribution in [0, 0.1) is 0 Å². The third-order valence-corrected chi connectivity index (χ3v) is 7.03. The van der Waals surface area contributed by atoms with Crippen LogP contribution in [0.3, 0.4) is 0 Å². The number of nitrogens with zero attached hydrogens (tertiary/aromatic N) is 2. The third-order valence-electron chi connectivity index (χ3n) is 4.89. The molecular formula is C24H26ClN3O2S2. The van der Waals surface area contributed by atoms with E-state index in [1.165, 1.54) is 0 Å². The average Bonchev–Trinajstić information content (AvgIpc) is 3.29. The number of likely N-dealkylation sites (N-methyl/N-ethyl adjacent to an activating group) is 1. The minimum atomic E-state index is -2.02. The van der Waals surface area contributed by atoms with Crippen molar-refractivity contribution in [1.29, 1.82) is 0 Å². The first-order valence-corrected chi connectivity index (χ1v) is 12.5. The van der Waals surface area contributed by atoms with Crippen molar-refractivity contribution in [3.8, 4) is 10.4 Å². The lowest BCUT2D eigenvalue weighted by Gasteiger charge is -2.18. The lowest BCUT2D eigenvalue weighted by atomic mass is 10.2. The third kappa shape index (κ3) is 6.37. The molecule has 0 radical (unpaired) electrons. The van der Waals surface area contributed by atoms with E-state index in [2.05, 4.69) is 18.7 Å². The van der Waals surface area contributed by atoms with Crippen LogP contribution in [0.15, 0.2) is 82.3 Å². The van der Waals surface area contributed by atoms with Crippen LogP contribution in [0.4, 0.5) is 5.69 Å². The Bertz CT molecular complexity index is 1150. The number of para-hydroxylation sites is 1. The molecule has 32 heavy (non-hydrogen) atoms. The molecule has 8 heteroatoms. The van der Waals surface area contributed by atoms with Gasteiger partial charge < -0.3 is 10.3 Å². The van der Waals surface area contributed by atoms with Gasteiger partial charge in [-0.1, -0.05) is 49.7 Å². The molecule has 0 aliphatic rings. The molecule has 3 aromatic rings. The summed E-state index contributed by atoms with van der Waals surface area (Å²) < 4.78 is 20.9. The van der Waals surface area contributed by atoms with Gasteiger partial charge in [-0.2, -0.15) is 0 Å². The van der Waals surface area contributed by atoms with Gasteiger partial charge in [0, 0.05) is 17.1 Å². The smallest absolute Gasteiger partial charge is 0.186 e. The first-order chi connectivity index (χ1) is 15.4. The average molecular weight is 488 g/mol. The summed E-state index contributed by atoms with van der Waals surface area (Å²) in [5.74, 6) is 0. The molecule has 0 saturated heterocycles. The second-order valence-corrected chi connectivity index (χ2v) is 9.53. The highest BCUT2D eigenvalue weighted by Crippen LogP contribution is 2.32. The summed E-state index contributed by atoms with van der Waals surface area (Å²) >= 11 is 5.87. The lowest BCUT2D eigenvalue weighted by Crippen LogP contribution is -2.28. The number of rotatable bonds is 9. The number of nitrogens with two attached hydrogens (primary N) is 1. The highest BCUT2D eigenvalue weighted by Gasteiger charge is 2.11. The Balaban J connectivity index is 2.02. The summed E-state index contributed by atoms with van der Waals surface area (Å²) in [7, 11) is 0. The monoisotopic (exact) mass is 487 g/mol. The molecule has 2 aromatic carbocycles. The minimum absolute atomic E-state index is 0.366. The molecule has 3 N–H and O–H groups in total. The molecule has 0 fully saturated rings. The van der Waals surface area contributed by atoms with Gasteiger partial charge in [-0.25, -0.2) is 9.20 Å². The SMILES string of the molecule is CCN(CC)CC(N)=CC(=Nc1ccccc1Cl)c1ccc(-c2cccc(S(=O)O)c2)s1. The first kappa shape index (κ1) is 24.4. The van der Waals surface area contributed by atoms with Crippen LogP contribution in [0.5, 0.6) is 0 Å². The largest absolute Gasteiger partial charge is 0.401 e. The van der Waals surface area contributed by atoms with E-state index >= 15 is 0 Å². The van der Waals surface area contributed by atoms with E-state index in [1.54, 1.807) is 35.6 Å². The summed E-state index contributed by atoms with van der Waals surface area (Å²) in [6.45, 7) is 6.68. The topological polar surface area (TPSA) is 78.9 Å². The zero-order valence-corrected chi connectivity index (χ0v) is 20.4. The van der Waals surface area contributed by atoms with E-state index < -0.39 is 11.1 Å². The highest BCUT2D eigenvalue weighted by atomic mass is 35.5. The van der Waals surface area contributed by atoms with Gasteiger partial charge in [-0.3, -0.25) is 4.90 Å². The van der Waals surface area contributed by atoms with Crippen LogP contribution in [0.25, 0.3) is 10.4 Å². The van der Waals surface area contributed by atoms with Crippen LogP contribution in [-0.4, -0.2) is 39.0 Å². The normalized spacial score (nSPS) is 13.5. The zero-order valence-electron chi connectivity index (χ0n) is 18.0. The van der Waals surface area contributed by atoms with Gasteiger partial charge in [0.15, 0.2) is 11.1 Å². The number of halogens is 1. The fourth-order valence-corrected chi connectivity index (χ4v) is 4.71. The fraction of sp³-hybridized carbons (Fsp3) is 0.208. The van der Waals surface area contributed by atoms with Gasteiger partial charge in [-0.15, -0.1) is 11.3 Å². The maximum Gasteiger partial charge on any atom is 0.186 e. The maximum absolute atomic E-state index is 11.4. The van der Waals surface area contributed by atoms with Crippen LogP contribution < -0.4 is 5.73 Å². The molecule has 168 valence electrons. The number of allylic oxidation sites excluding steroid dienone is 1. The van der Waals surface area contributed by atoms with E-state index in [4.69, 9.17) is 22.3 Å². The summed E-state index contributed by atoms with van der Waals surface area (Å²) in [4.78, 5) is 9.31. The van der Waals surface area contributed by atoms with E-state index in [-0.39, 0.29) is 0 Å². The van der Waals surface area contributed by atoms with E-state index in [0.717, 1.165) is 34.1 Å². The summed E-state index contributed by atoms with van der Waals surface area (Å²) in [6.07, 6.45) is 1.90. The molecule has 1 aromatic heterocycles. The Hall–Kier alpha value is -2.29. The van der Waals surface area contributed by atoms with Gasteiger partial charge in [0.2, 0.25) is 0 Å². The fourth-order valence-electron chi connectivity index (χ4n) is 3.15. The van der Waals surface area contributed by atoms with Gasteiger partial charge in [0.25, 0.3) is 0 Å². The van der Waals surface area contributed by atoms with Gasteiger partial charge in [0.1, 0.15) is 0 Å². The zero-order chi connectivity index (χ0) is 23.1. The van der Waals surface area contributed by atoms with Crippen molar-refractivity contribution in [2.75, 3.05) is 19.6 Å². The van der Waals surface area contributed by atoms with Gasteiger partial charge in [-0.05, 0) is 61.1 Å². The first-order valence-electron chi connectivity index (χ1n) is 10.2. The summed E-state index contributed by atoms with van der Waals surface area (Å²) in [6, 6.07) is 18.5. The molecule has 0 bridgehead atoms. The Labute approximate surface area is 200 Å². The minimum Gasteiger partial charge on any atom is -0.401 e. The predicted octanol–water partition coefficient (Wildman–Crippen LogP) is 5.95. The van der Waals surface area contributed by atoms with Crippen LogP contribution >= 0.6 is 22.9 Å². The summed E-state index contributed by atoms with van der Waals surface area (Å²) in [5.41, 5.74) is 9.36. The van der Waals surface area contributed by atoms with Crippen LogP contribution in [0.2, 0.25) is 5.02 Å². The quantitative estimate of drug-likeness (QED) is 0.288. The highest BCUT2D eigenvalue weighted by molar-refractivity contribution is 7.79. The second-order valence-electron chi connectivity index (χ2n) is 7.07. The summed E-state index contributed by atoms with van der Waals surface area (Å²) in [5, 5.41) is 0.565. The van der Waals surface area contributed by atoms with Crippen molar-refractivity contribution in [3.05, 3.63) is 82.3 Å². The Morgan fingerprint density at radius 2 is 1.91 bits per heavy atom. The van der Waals surface area contributed by atoms with Crippen molar-refractivity contribution < 1.29 is 8.76 Å². The number of thiophene rings is 1. The molecule has 1 atom stereocenters. The molecule has 0 amide bonds. The molecule has 0 aliphatic heterocycles. The molecule has 5 nitrogen and oxygen atoms in total. The van der Waals surface area contributed by atoms with Crippen molar-refractivity contribution in [1.82, 2.24) is 4.90 Å². The molecule has 1 unspecified atom stereocenters. The van der Waals surface area contributed by atoms with E-state index in [1.807, 2.05) is 42.5 Å². The number of aliphatic imine (C=N–C) groups is 1. The Morgan fingerprint density at radius 3 is 2.59 bits per heavy atom. The molecule has 0 saturated carbocycles. The van der Waals surface area contributed by atoms with Crippen LogP contribution in [0.1, 0.15) is 18.7 Å². The number of hydrogen-bond donors (Lipinski definition) is 2. The lowest BCUT2D eigenvalue weighted by molar-refractivity contribution is 0.329. The van der Waals surface area contributed by atoms with Crippen molar-refractivity contribution >= 4 is 45.4 Å². The Morgan fingerprint density at radius 1 is 1.16 bits per heavy atom.